The van der Waals surface area contributed by atoms with Crippen molar-refractivity contribution >= 4 is 34.1 Å². The molecule has 1 aliphatic carbocycles. The summed E-state index contributed by atoms with van der Waals surface area (Å²) in [6, 6.07) is 0. The average Bonchev–Trinajstić information content (AvgIpc) is 2.51. The number of nitrogens with one attached hydrogen (secondary N) is 1. The van der Waals surface area contributed by atoms with Crippen LogP contribution in [-0.4, -0.2) is 20.9 Å². The van der Waals surface area contributed by atoms with Crippen LogP contribution in [0.3, 0.4) is 0 Å². The zero-order valence-corrected chi connectivity index (χ0v) is 12.4. The van der Waals surface area contributed by atoms with Crippen LogP contribution < -0.4 is 5.32 Å². The minimum Gasteiger partial charge on any atom is -0.323 e. The van der Waals surface area contributed by atoms with Gasteiger partial charge in [0, 0.05) is 18.0 Å². The standard InChI is InChI=1S/C15H17ClN4O/c16-15-14(11-7-17-9-19-12(11)8-18-15)20-13(21)6-10-4-2-1-3-5-10/h7-10H,1-6H2,(H,20,21). The molecular weight excluding hydrogens is 288 g/mol. The van der Waals surface area contributed by atoms with E-state index in [1.165, 1.54) is 25.6 Å². The Kier molecular flexibility index (Phi) is 4.29. The second-order valence-electron chi connectivity index (χ2n) is 5.50. The molecule has 110 valence electrons. The number of nitrogens with zero attached hydrogens (tertiary/aromatic N) is 3. The molecule has 21 heavy (non-hydrogen) atoms. The van der Waals surface area contributed by atoms with Crippen LogP contribution in [0.15, 0.2) is 18.7 Å². The number of carbonyl (C=O) groups excluding carboxylic acids is 1. The first-order chi connectivity index (χ1) is 10.2. The molecule has 3 rings (SSSR count). The van der Waals surface area contributed by atoms with Crippen LogP contribution in [0.25, 0.3) is 10.9 Å². The van der Waals surface area contributed by atoms with Gasteiger partial charge in [-0.3, -0.25) is 4.79 Å². The molecule has 0 aliphatic heterocycles. The minimum atomic E-state index is -0.0121. The molecule has 0 unspecified atom stereocenters. The maximum absolute atomic E-state index is 12.2. The second kappa shape index (κ2) is 6.35. The molecule has 0 saturated heterocycles. The molecule has 1 N–H and O–H groups in total. The number of halogens is 1. The molecule has 0 spiro atoms. The van der Waals surface area contributed by atoms with Crippen molar-refractivity contribution < 1.29 is 4.79 Å². The first-order valence-corrected chi connectivity index (χ1v) is 7.66. The monoisotopic (exact) mass is 304 g/mol. The summed E-state index contributed by atoms with van der Waals surface area (Å²) in [7, 11) is 0. The van der Waals surface area contributed by atoms with Crippen LogP contribution >= 0.6 is 11.6 Å². The number of amides is 1. The van der Waals surface area contributed by atoms with Crippen molar-refractivity contribution in [2.75, 3.05) is 5.32 Å². The third-order valence-electron chi connectivity index (χ3n) is 3.98. The van der Waals surface area contributed by atoms with Gasteiger partial charge < -0.3 is 5.32 Å². The van der Waals surface area contributed by atoms with Gasteiger partial charge in [0.2, 0.25) is 5.91 Å². The molecule has 2 aromatic heterocycles. The SMILES string of the molecule is O=C(CC1CCCCC1)Nc1c(Cl)ncc2ncncc12. The van der Waals surface area contributed by atoms with Crippen LogP contribution in [0.1, 0.15) is 38.5 Å². The highest BCUT2D eigenvalue weighted by atomic mass is 35.5. The van der Waals surface area contributed by atoms with Gasteiger partial charge in [-0.05, 0) is 18.8 Å². The number of carbonyl (C=O) groups is 1. The third-order valence-corrected chi connectivity index (χ3v) is 4.27. The third kappa shape index (κ3) is 3.29. The van der Waals surface area contributed by atoms with Crippen LogP contribution in [0, 0.1) is 5.92 Å². The summed E-state index contributed by atoms with van der Waals surface area (Å²) in [6.07, 6.45) is 11.2. The fraction of sp³-hybridized carbons (Fsp3) is 0.467. The quantitative estimate of drug-likeness (QED) is 0.880. The Morgan fingerprint density at radius 3 is 2.86 bits per heavy atom. The van der Waals surface area contributed by atoms with Crippen LogP contribution in [-0.2, 0) is 4.79 Å². The molecule has 2 heterocycles. The summed E-state index contributed by atoms with van der Waals surface area (Å²) in [4.78, 5) is 24.4. The molecule has 2 aromatic rings. The highest BCUT2D eigenvalue weighted by Crippen LogP contribution is 2.30. The van der Waals surface area contributed by atoms with Gasteiger partial charge in [-0.25, -0.2) is 15.0 Å². The molecule has 1 amide bonds. The Hall–Kier alpha value is -1.75. The molecule has 6 heteroatoms. The lowest BCUT2D eigenvalue weighted by molar-refractivity contribution is -0.117. The Morgan fingerprint density at radius 2 is 2.05 bits per heavy atom. The smallest absolute Gasteiger partial charge is 0.224 e. The van der Waals surface area contributed by atoms with E-state index in [-0.39, 0.29) is 11.1 Å². The summed E-state index contributed by atoms with van der Waals surface area (Å²) in [5.74, 6) is 0.471. The van der Waals surface area contributed by atoms with Crippen LogP contribution in [0.2, 0.25) is 5.15 Å². The molecule has 0 radical (unpaired) electrons. The highest BCUT2D eigenvalue weighted by molar-refractivity contribution is 6.34. The summed E-state index contributed by atoms with van der Waals surface area (Å²) in [6.45, 7) is 0. The first-order valence-electron chi connectivity index (χ1n) is 7.28. The van der Waals surface area contributed by atoms with Crippen molar-refractivity contribution in [3.63, 3.8) is 0 Å². The molecule has 5 nitrogen and oxygen atoms in total. The summed E-state index contributed by atoms with van der Waals surface area (Å²) in [5, 5.41) is 3.88. The summed E-state index contributed by atoms with van der Waals surface area (Å²) in [5.41, 5.74) is 1.18. The van der Waals surface area contributed by atoms with Gasteiger partial charge in [-0.2, -0.15) is 0 Å². The Morgan fingerprint density at radius 1 is 1.24 bits per heavy atom. The van der Waals surface area contributed by atoms with Gasteiger partial charge in [0.25, 0.3) is 0 Å². The van der Waals surface area contributed by atoms with E-state index in [2.05, 4.69) is 20.3 Å². The van der Waals surface area contributed by atoms with Crippen molar-refractivity contribution in [1.29, 1.82) is 0 Å². The van der Waals surface area contributed by atoms with Crippen molar-refractivity contribution in [1.82, 2.24) is 15.0 Å². The molecule has 1 fully saturated rings. The minimum absolute atomic E-state index is 0.0121. The number of fused-ring (bicyclic) bond motifs is 1. The zero-order valence-electron chi connectivity index (χ0n) is 11.7. The number of anilines is 1. The maximum atomic E-state index is 12.2. The van der Waals surface area contributed by atoms with E-state index in [9.17, 15) is 4.79 Å². The maximum Gasteiger partial charge on any atom is 0.224 e. The van der Waals surface area contributed by atoms with E-state index in [1.807, 2.05) is 0 Å². The van der Waals surface area contributed by atoms with E-state index in [0.717, 1.165) is 18.2 Å². The number of pyridine rings is 1. The Balaban J connectivity index is 1.77. The van der Waals surface area contributed by atoms with Crippen molar-refractivity contribution in [3.8, 4) is 0 Å². The lowest BCUT2D eigenvalue weighted by Crippen LogP contribution is -2.18. The van der Waals surface area contributed by atoms with Gasteiger partial charge >= 0.3 is 0 Å². The van der Waals surface area contributed by atoms with Gasteiger partial charge in [0.15, 0.2) is 5.15 Å². The van der Waals surface area contributed by atoms with E-state index in [0.29, 0.717) is 23.5 Å². The molecule has 1 aliphatic rings. The molecule has 0 atom stereocenters. The number of hydrogen-bond acceptors (Lipinski definition) is 4. The molecule has 0 bridgehead atoms. The van der Waals surface area contributed by atoms with E-state index in [1.54, 1.807) is 12.4 Å². The summed E-state index contributed by atoms with van der Waals surface area (Å²) < 4.78 is 0. The van der Waals surface area contributed by atoms with Gasteiger partial charge in [0.05, 0.1) is 17.4 Å². The lowest BCUT2D eigenvalue weighted by Gasteiger charge is -2.21. The summed E-state index contributed by atoms with van der Waals surface area (Å²) >= 11 is 6.11. The predicted molar refractivity (Wildman–Crippen MR) is 82.2 cm³/mol. The van der Waals surface area contributed by atoms with E-state index < -0.39 is 0 Å². The normalized spacial score (nSPS) is 16.0. The van der Waals surface area contributed by atoms with Crippen molar-refractivity contribution in [3.05, 3.63) is 23.9 Å². The predicted octanol–water partition coefficient (Wildman–Crippen LogP) is 3.59. The van der Waals surface area contributed by atoms with Gasteiger partial charge in [-0.1, -0.05) is 30.9 Å². The Bertz CT molecular complexity index is 655. The average molecular weight is 305 g/mol. The Labute approximate surface area is 128 Å². The van der Waals surface area contributed by atoms with E-state index >= 15 is 0 Å². The fourth-order valence-corrected chi connectivity index (χ4v) is 3.09. The largest absolute Gasteiger partial charge is 0.323 e. The topological polar surface area (TPSA) is 67.8 Å². The molecular formula is C15H17ClN4O. The zero-order chi connectivity index (χ0) is 14.7. The number of hydrogen-bond donors (Lipinski definition) is 1. The highest BCUT2D eigenvalue weighted by Gasteiger charge is 2.18. The van der Waals surface area contributed by atoms with E-state index in [4.69, 9.17) is 11.6 Å². The van der Waals surface area contributed by atoms with Crippen molar-refractivity contribution in [2.45, 2.75) is 38.5 Å². The van der Waals surface area contributed by atoms with Crippen LogP contribution in [0.4, 0.5) is 5.69 Å². The molecule has 1 saturated carbocycles. The fourth-order valence-electron chi connectivity index (χ4n) is 2.89. The first kappa shape index (κ1) is 14.2. The number of aromatic nitrogens is 3. The molecule has 0 aromatic carbocycles. The van der Waals surface area contributed by atoms with Gasteiger partial charge in [-0.15, -0.1) is 0 Å². The van der Waals surface area contributed by atoms with Crippen molar-refractivity contribution in [2.24, 2.45) is 5.92 Å². The van der Waals surface area contributed by atoms with Gasteiger partial charge in [0.1, 0.15) is 6.33 Å². The second-order valence-corrected chi connectivity index (χ2v) is 5.86. The lowest BCUT2D eigenvalue weighted by atomic mass is 9.87. The van der Waals surface area contributed by atoms with Crippen LogP contribution in [0.5, 0.6) is 0 Å². The number of rotatable bonds is 3.